The number of rotatable bonds is 10. The second-order valence-corrected chi connectivity index (χ2v) is 9.55. The van der Waals surface area contributed by atoms with Crippen LogP contribution in [0, 0.1) is 0 Å². The maximum absolute atomic E-state index is 13.0. The molecule has 0 aliphatic rings. The van der Waals surface area contributed by atoms with Crippen molar-refractivity contribution >= 4 is 55.4 Å². The lowest BCUT2D eigenvalue weighted by molar-refractivity contribution is -0.138. The number of thioether (sulfide) groups is 1. The maximum Gasteiger partial charge on any atom is 0.242 e. The number of hydrogen-bond acceptors (Lipinski definition) is 3. The average molecular weight is 542 g/mol. The van der Waals surface area contributed by atoms with Gasteiger partial charge in [0, 0.05) is 27.8 Å². The molecule has 2 aromatic rings. The number of benzene rings is 2. The van der Waals surface area contributed by atoms with Gasteiger partial charge in [-0.25, -0.2) is 0 Å². The third kappa shape index (κ3) is 8.15. The van der Waals surface area contributed by atoms with Crippen LogP contribution in [0.1, 0.15) is 31.4 Å². The largest absolute Gasteiger partial charge is 0.354 e. The van der Waals surface area contributed by atoms with Crippen molar-refractivity contribution in [2.45, 2.75) is 38.6 Å². The van der Waals surface area contributed by atoms with Gasteiger partial charge >= 0.3 is 0 Å². The summed E-state index contributed by atoms with van der Waals surface area (Å²) in [6.45, 7) is 4.81. The molecule has 1 unspecified atom stereocenters. The van der Waals surface area contributed by atoms with Crippen molar-refractivity contribution in [3.05, 3.63) is 68.6 Å². The smallest absolute Gasteiger partial charge is 0.242 e. The first-order valence-electron chi connectivity index (χ1n) is 9.54. The molecule has 2 aromatic carbocycles. The van der Waals surface area contributed by atoms with Gasteiger partial charge in [0.05, 0.1) is 5.75 Å². The van der Waals surface area contributed by atoms with Crippen LogP contribution in [0.2, 0.25) is 0 Å². The zero-order chi connectivity index (χ0) is 21.2. The van der Waals surface area contributed by atoms with Gasteiger partial charge in [-0.05, 0) is 48.7 Å². The molecule has 4 nitrogen and oxygen atoms in total. The first-order chi connectivity index (χ1) is 13.9. The second-order valence-electron chi connectivity index (χ2n) is 6.74. The summed E-state index contributed by atoms with van der Waals surface area (Å²) in [6.07, 6.45) is 0.862. The van der Waals surface area contributed by atoms with Crippen LogP contribution in [-0.4, -0.2) is 35.1 Å². The molecule has 0 radical (unpaired) electrons. The molecule has 0 saturated carbocycles. The summed E-state index contributed by atoms with van der Waals surface area (Å²) in [6, 6.07) is 15.4. The predicted octanol–water partition coefficient (Wildman–Crippen LogP) is 5.39. The fraction of sp³-hybridized carbons (Fsp3) is 0.364. The summed E-state index contributed by atoms with van der Waals surface area (Å²) in [5.74, 6) is 0.926. The van der Waals surface area contributed by atoms with Gasteiger partial charge in [0.2, 0.25) is 11.8 Å². The highest BCUT2D eigenvalue weighted by atomic mass is 79.9. The van der Waals surface area contributed by atoms with Crippen molar-refractivity contribution in [1.29, 1.82) is 0 Å². The number of amides is 2. The van der Waals surface area contributed by atoms with Gasteiger partial charge in [-0.1, -0.05) is 63.0 Å². The van der Waals surface area contributed by atoms with Crippen molar-refractivity contribution in [1.82, 2.24) is 10.2 Å². The maximum atomic E-state index is 13.0. The molecule has 7 heteroatoms. The Labute approximate surface area is 194 Å². The Morgan fingerprint density at radius 3 is 2.45 bits per heavy atom. The fourth-order valence-corrected chi connectivity index (χ4v) is 4.31. The van der Waals surface area contributed by atoms with Crippen LogP contribution < -0.4 is 5.32 Å². The molecule has 1 atom stereocenters. The van der Waals surface area contributed by atoms with Crippen molar-refractivity contribution in [3.63, 3.8) is 0 Å². The standard InChI is InChI=1S/C22H26Br2N2O2S/c1-3-11-25-22(28)16(2)26(13-18-5-4-6-20(24)12-18)21(27)15-29-14-17-7-9-19(23)10-8-17/h4-10,12,16H,3,11,13-15H2,1-2H3,(H,25,28). The number of hydrogen-bond donors (Lipinski definition) is 1. The molecule has 0 aliphatic carbocycles. The first-order valence-corrected chi connectivity index (χ1v) is 12.3. The van der Waals surface area contributed by atoms with Gasteiger partial charge in [-0.15, -0.1) is 11.8 Å². The number of carbonyl (C=O) groups is 2. The van der Waals surface area contributed by atoms with E-state index < -0.39 is 6.04 Å². The molecule has 2 rings (SSSR count). The minimum atomic E-state index is -0.527. The summed E-state index contributed by atoms with van der Waals surface area (Å²) in [7, 11) is 0. The van der Waals surface area contributed by atoms with Crippen LogP contribution in [0.4, 0.5) is 0 Å². The fourth-order valence-electron chi connectivity index (χ4n) is 2.73. The van der Waals surface area contributed by atoms with Gasteiger partial charge in [-0.2, -0.15) is 0 Å². The van der Waals surface area contributed by atoms with Crippen molar-refractivity contribution in [2.75, 3.05) is 12.3 Å². The summed E-state index contributed by atoms with van der Waals surface area (Å²) in [5.41, 5.74) is 2.15. The Hall–Kier alpha value is -1.31. The molecule has 156 valence electrons. The highest BCUT2D eigenvalue weighted by Gasteiger charge is 2.25. The third-order valence-electron chi connectivity index (χ3n) is 4.37. The Morgan fingerprint density at radius 1 is 1.07 bits per heavy atom. The molecule has 0 aromatic heterocycles. The molecule has 1 N–H and O–H groups in total. The van der Waals surface area contributed by atoms with Crippen molar-refractivity contribution in [2.24, 2.45) is 0 Å². The van der Waals surface area contributed by atoms with E-state index in [0.717, 1.165) is 26.7 Å². The van der Waals surface area contributed by atoms with E-state index in [0.29, 0.717) is 18.8 Å². The van der Waals surface area contributed by atoms with E-state index in [1.165, 1.54) is 5.56 Å². The van der Waals surface area contributed by atoms with E-state index in [1.54, 1.807) is 23.6 Å². The van der Waals surface area contributed by atoms with Crippen LogP contribution >= 0.6 is 43.6 Å². The molecule has 0 aliphatic heterocycles. The Kier molecular flexibility index (Phi) is 10.2. The lowest BCUT2D eigenvalue weighted by atomic mass is 10.1. The SMILES string of the molecule is CCCNC(=O)C(C)N(Cc1cccc(Br)c1)C(=O)CSCc1ccc(Br)cc1. The Balaban J connectivity index is 2.04. The van der Waals surface area contributed by atoms with Crippen LogP contribution in [0.5, 0.6) is 0 Å². The van der Waals surface area contributed by atoms with Crippen LogP contribution in [0.15, 0.2) is 57.5 Å². The quantitative estimate of drug-likeness (QED) is 0.439. The zero-order valence-electron chi connectivity index (χ0n) is 16.7. The van der Waals surface area contributed by atoms with Gasteiger partial charge in [0.15, 0.2) is 0 Å². The number of halogens is 2. The molecule has 0 bridgehead atoms. The second kappa shape index (κ2) is 12.4. The topological polar surface area (TPSA) is 49.4 Å². The normalized spacial score (nSPS) is 11.7. The van der Waals surface area contributed by atoms with E-state index in [9.17, 15) is 9.59 Å². The van der Waals surface area contributed by atoms with Gasteiger partial charge < -0.3 is 10.2 Å². The van der Waals surface area contributed by atoms with Gasteiger partial charge in [0.1, 0.15) is 6.04 Å². The number of nitrogens with one attached hydrogen (secondary N) is 1. The van der Waals surface area contributed by atoms with E-state index in [4.69, 9.17) is 0 Å². The minimum absolute atomic E-state index is 0.0359. The molecule has 2 amide bonds. The lowest BCUT2D eigenvalue weighted by Crippen LogP contribution is -2.48. The van der Waals surface area contributed by atoms with Crippen molar-refractivity contribution < 1.29 is 9.59 Å². The first kappa shape index (κ1) is 24.0. The van der Waals surface area contributed by atoms with Crippen LogP contribution in [0.3, 0.4) is 0 Å². The summed E-state index contributed by atoms with van der Waals surface area (Å²) in [5, 5.41) is 2.90. The van der Waals surface area contributed by atoms with Gasteiger partial charge in [0.25, 0.3) is 0 Å². The Morgan fingerprint density at radius 2 is 1.79 bits per heavy atom. The van der Waals surface area contributed by atoms with E-state index >= 15 is 0 Å². The molecular formula is C22H26Br2N2O2S. The number of carbonyl (C=O) groups excluding carboxylic acids is 2. The average Bonchev–Trinajstić information content (AvgIpc) is 2.71. The summed E-state index contributed by atoms with van der Waals surface area (Å²) in [4.78, 5) is 27.2. The Bertz CT molecular complexity index is 815. The third-order valence-corrected chi connectivity index (χ3v) is 6.38. The van der Waals surface area contributed by atoms with Crippen LogP contribution in [-0.2, 0) is 21.9 Å². The van der Waals surface area contributed by atoms with E-state index in [2.05, 4.69) is 37.2 Å². The summed E-state index contributed by atoms with van der Waals surface area (Å²) >= 11 is 8.46. The monoisotopic (exact) mass is 540 g/mol. The molecule has 0 heterocycles. The molecule has 29 heavy (non-hydrogen) atoms. The van der Waals surface area contributed by atoms with Crippen LogP contribution in [0.25, 0.3) is 0 Å². The van der Waals surface area contributed by atoms with Crippen molar-refractivity contribution in [3.8, 4) is 0 Å². The molecule has 0 saturated heterocycles. The minimum Gasteiger partial charge on any atom is -0.354 e. The predicted molar refractivity (Wildman–Crippen MR) is 128 cm³/mol. The lowest BCUT2D eigenvalue weighted by Gasteiger charge is -2.29. The molecule has 0 spiro atoms. The highest BCUT2D eigenvalue weighted by Crippen LogP contribution is 2.19. The highest BCUT2D eigenvalue weighted by molar-refractivity contribution is 9.10. The number of nitrogens with zero attached hydrogens (tertiary/aromatic N) is 1. The van der Waals surface area contributed by atoms with E-state index in [1.807, 2.05) is 55.5 Å². The van der Waals surface area contributed by atoms with Gasteiger partial charge in [-0.3, -0.25) is 9.59 Å². The molecular weight excluding hydrogens is 516 g/mol. The summed E-state index contributed by atoms with van der Waals surface area (Å²) < 4.78 is 1.99. The molecule has 0 fully saturated rings. The zero-order valence-corrected chi connectivity index (χ0v) is 20.6. The van der Waals surface area contributed by atoms with E-state index in [-0.39, 0.29) is 11.8 Å².